The highest BCUT2D eigenvalue weighted by Crippen LogP contribution is 2.38. The van der Waals surface area contributed by atoms with E-state index in [4.69, 9.17) is 0 Å². The van der Waals surface area contributed by atoms with Crippen molar-refractivity contribution in [3.05, 3.63) is 29.6 Å². The Labute approximate surface area is 141 Å². The number of carboxylic acid groups (broad SMARTS) is 1. The molecule has 1 aliphatic heterocycles. The predicted octanol–water partition coefficient (Wildman–Crippen LogP) is 1.76. The first-order chi connectivity index (χ1) is 11.1. The number of aryl methyl sites for hydroxylation is 1. The van der Waals surface area contributed by atoms with Gasteiger partial charge in [-0.25, -0.2) is 12.8 Å². The molecule has 8 heteroatoms. The Balaban J connectivity index is 2.44. The van der Waals surface area contributed by atoms with Gasteiger partial charge < -0.3 is 10.2 Å². The highest BCUT2D eigenvalue weighted by atomic mass is 32.2. The fourth-order valence-electron chi connectivity index (χ4n) is 3.20. The summed E-state index contributed by atoms with van der Waals surface area (Å²) in [7, 11) is -4.18. The number of hydrogen-bond acceptors (Lipinski definition) is 4. The monoisotopic (exact) mass is 359 g/mol. The van der Waals surface area contributed by atoms with Gasteiger partial charge in [0.25, 0.3) is 0 Å². The standard InChI is InChI=1S/C16H22FNO5S/c1-3-7-16(15(20)21)10-18(8-6-14(16)19)24(22,23)13-9-11(2)4-5-12(13)17/h4-5,9,14,19H,3,6-8,10H2,1-2H3,(H,20,21)/t14-,16-/m0/s1. The molecule has 1 heterocycles. The van der Waals surface area contributed by atoms with Crippen LogP contribution in [-0.2, 0) is 14.8 Å². The van der Waals surface area contributed by atoms with Gasteiger partial charge in [0, 0.05) is 13.1 Å². The first-order valence-electron chi connectivity index (χ1n) is 7.83. The molecule has 0 amide bonds. The summed E-state index contributed by atoms with van der Waals surface area (Å²) >= 11 is 0. The molecule has 134 valence electrons. The molecule has 1 aliphatic rings. The number of sulfonamides is 1. The van der Waals surface area contributed by atoms with Crippen LogP contribution in [0.15, 0.2) is 23.1 Å². The summed E-state index contributed by atoms with van der Waals surface area (Å²) < 4.78 is 40.6. The van der Waals surface area contributed by atoms with Crippen LogP contribution in [0.2, 0.25) is 0 Å². The molecule has 0 saturated carbocycles. The molecule has 6 nitrogen and oxygen atoms in total. The van der Waals surface area contributed by atoms with Crippen molar-refractivity contribution >= 4 is 16.0 Å². The highest BCUT2D eigenvalue weighted by Gasteiger charge is 2.51. The molecule has 0 spiro atoms. The number of piperidine rings is 1. The van der Waals surface area contributed by atoms with E-state index >= 15 is 0 Å². The zero-order valence-corrected chi connectivity index (χ0v) is 14.5. The number of halogens is 1. The van der Waals surface area contributed by atoms with Crippen molar-refractivity contribution in [2.24, 2.45) is 5.41 Å². The summed E-state index contributed by atoms with van der Waals surface area (Å²) in [5, 5.41) is 19.8. The number of nitrogens with zero attached hydrogens (tertiary/aromatic N) is 1. The molecule has 1 fully saturated rings. The summed E-state index contributed by atoms with van der Waals surface area (Å²) in [6.07, 6.45) is -0.510. The topological polar surface area (TPSA) is 94.9 Å². The molecular weight excluding hydrogens is 337 g/mol. The van der Waals surface area contributed by atoms with Gasteiger partial charge in [0.1, 0.15) is 16.1 Å². The first-order valence-corrected chi connectivity index (χ1v) is 9.27. The second-order valence-electron chi connectivity index (χ2n) is 6.29. The third-order valence-corrected chi connectivity index (χ3v) is 6.44. The lowest BCUT2D eigenvalue weighted by Gasteiger charge is -2.42. The van der Waals surface area contributed by atoms with Gasteiger partial charge in [0.15, 0.2) is 0 Å². The second kappa shape index (κ2) is 6.78. The van der Waals surface area contributed by atoms with Gasteiger partial charge in [-0.15, -0.1) is 0 Å². The molecule has 2 N–H and O–H groups in total. The van der Waals surface area contributed by atoms with E-state index in [-0.39, 0.29) is 25.9 Å². The van der Waals surface area contributed by atoms with Gasteiger partial charge in [-0.3, -0.25) is 4.79 Å². The van der Waals surface area contributed by atoms with Gasteiger partial charge in [-0.05, 0) is 37.5 Å². The van der Waals surface area contributed by atoms with E-state index in [9.17, 15) is 27.8 Å². The fraction of sp³-hybridized carbons (Fsp3) is 0.562. The van der Waals surface area contributed by atoms with Crippen LogP contribution in [0, 0.1) is 18.2 Å². The minimum atomic E-state index is -4.18. The summed E-state index contributed by atoms with van der Waals surface area (Å²) in [5.41, 5.74) is -0.981. The molecule has 24 heavy (non-hydrogen) atoms. The Hall–Kier alpha value is -1.51. The Morgan fingerprint density at radius 2 is 2.12 bits per heavy atom. The van der Waals surface area contributed by atoms with Gasteiger partial charge in [0.05, 0.1) is 6.10 Å². The lowest BCUT2D eigenvalue weighted by atomic mass is 9.74. The van der Waals surface area contributed by atoms with Crippen LogP contribution in [0.3, 0.4) is 0 Å². The van der Waals surface area contributed by atoms with Crippen LogP contribution in [0.25, 0.3) is 0 Å². The van der Waals surface area contributed by atoms with E-state index in [1.54, 1.807) is 13.8 Å². The number of aliphatic carboxylic acids is 1. The molecule has 0 unspecified atom stereocenters. The minimum absolute atomic E-state index is 0.00103. The largest absolute Gasteiger partial charge is 0.481 e. The van der Waals surface area contributed by atoms with Crippen LogP contribution in [0.5, 0.6) is 0 Å². The fourth-order valence-corrected chi connectivity index (χ4v) is 4.88. The van der Waals surface area contributed by atoms with Gasteiger partial charge in [-0.1, -0.05) is 19.4 Å². The molecule has 1 saturated heterocycles. The van der Waals surface area contributed by atoms with E-state index in [1.165, 1.54) is 12.1 Å². The molecular formula is C16H22FNO5S. The second-order valence-corrected chi connectivity index (χ2v) is 8.19. The van der Waals surface area contributed by atoms with E-state index in [2.05, 4.69) is 0 Å². The lowest BCUT2D eigenvalue weighted by Crippen LogP contribution is -2.57. The maximum Gasteiger partial charge on any atom is 0.313 e. The molecule has 0 radical (unpaired) electrons. The van der Waals surface area contributed by atoms with Crippen LogP contribution in [0.4, 0.5) is 4.39 Å². The van der Waals surface area contributed by atoms with Crippen LogP contribution < -0.4 is 0 Å². The summed E-state index contributed by atoms with van der Waals surface area (Å²) in [5.74, 6) is -2.11. The Bertz CT molecular complexity index is 736. The number of benzene rings is 1. The van der Waals surface area contributed by atoms with Crippen molar-refractivity contribution in [3.8, 4) is 0 Å². The quantitative estimate of drug-likeness (QED) is 0.835. The number of rotatable bonds is 5. The van der Waals surface area contributed by atoms with Gasteiger partial charge >= 0.3 is 5.97 Å². The third-order valence-electron chi connectivity index (χ3n) is 4.57. The summed E-state index contributed by atoms with van der Waals surface area (Å²) in [6.45, 7) is 3.00. The maximum absolute atomic E-state index is 14.0. The van der Waals surface area contributed by atoms with Crippen molar-refractivity contribution in [1.82, 2.24) is 4.31 Å². The average molecular weight is 359 g/mol. The van der Waals surface area contributed by atoms with E-state index in [1.807, 2.05) is 0 Å². The number of aliphatic hydroxyl groups excluding tert-OH is 1. The van der Waals surface area contributed by atoms with E-state index in [0.29, 0.717) is 12.0 Å². The smallest absolute Gasteiger partial charge is 0.313 e. The van der Waals surface area contributed by atoms with Gasteiger partial charge in [-0.2, -0.15) is 4.31 Å². The molecule has 0 bridgehead atoms. The van der Waals surface area contributed by atoms with E-state index < -0.39 is 38.2 Å². The lowest BCUT2D eigenvalue weighted by molar-refractivity contribution is -0.161. The number of aliphatic hydroxyl groups is 1. The van der Waals surface area contributed by atoms with Crippen molar-refractivity contribution in [2.45, 2.75) is 44.1 Å². The number of hydrogen-bond donors (Lipinski definition) is 2. The maximum atomic E-state index is 14.0. The highest BCUT2D eigenvalue weighted by molar-refractivity contribution is 7.89. The van der Waals surface area contributed by atoms with E-state index in [0.717, 1.165) is 10.4 Å². The average Bonchev–Trinajstić information content (AvgIpc) is 2.51. The zero-order chi connectivity index (χ0) is 18.1. The normalized spacial score (nSPS) is 25.6. The predicted molar refractivity (Wildman–Crippen MR) is 85.5 cm³/mol. The zero-order valence-electron chi connectivity index (χ0n) is 13.7. The summed E-state index contributed by atoms with van der Waals surface area (Å²) in [6, 6.07) is 3.78. The molecule has 2 atom stereocenters. The molecule has 1 aromatic carbocycles. The first kappa shape index (κ1) is 18.8. The molecule has 0 aromatic heterocycles. The minimum Gasteiger partial charge on any atom is -0.481 e. The van der Waals surface area contributed by atoms with Crippen molar-refractivity contribution < 1.29 is 27.8 Å². The molecule has 0 aliphatic carbocycles. The van der Waals surface area contributed by atoms with Crippen LogP contribution >= 0.6 is 0 Å². The Morgan fingerprint density at radius 1 is 1.46 bits per heavy atom. The van der Waals surface area contributed by atoms with Crippen molar-refractivity contribution in [3.63, 3.8) is 0 Å². The number of carbonyl (C=O) groups is 1. The van der Waals surface area contributed by atoms with Crippen LogP contribution in [-0.4, -0.2) is 48.1 Å². The number of carboxylic acids is 1. The Kier molecular flexibility index (Phi) is 5.31. The van der Waals surface area contributed by atoms with Gasteiger partial charge in [0.2, 0.25) is 10.0 Å². The van der Waals surface area contributed by atoms with Crippen molar-refractivity contribution in [1.29, 1.82) is 0 Å². The van der Waals surface area contributed by atoms with Crippen LogP contribution in [0.1, 0.15) is 31.7 Å². The molecule has 1 aromatic rings. The van der Waals surface area contributed by atoms with Crippen molar-refractivity contribution in [2.75, 3.05) is 13.1 Å². The Morgan fingerprint density at radius 3 is 2.71 bits per heavy atom. The molecule has 2 rings (SSSR count). The SMILES string of the molecule is CCC[C@]1(C(=O)O)CN(S(=O)(=O)c2cc(C)ccc2F)CC[C@@H]1O. The third kappa shape index (κ3) is 3.18. The summed E-state index contributed by atoms with van der Waals surface area (Å²) in [4.78, 5) is 11.3.